The van der Waals surface area contributed by atoms with Gasteiger partial charge in [-0.2, -0.15) is 0 Å². The standard InChI is InChI=1S/C14H13FIN/c1-10-6-7-12(15)11(8-10)9-17-14-5-3-2-4-13(14)16/h2-8,17H,9H2,1H3. The molecule has 1 nitrogen and oxygen atoms in total. The first kappa shape index (κ1) is 12.4. The number of anilines is 1. The fraction of sp³-hybridized carbons (Fsp3) is 0.143. The average Bonchev–Trinajstić information content (AvgIpc) is 2.32. The van der Waals surface area contributed by atoms with E-state index in [2.05, 4.69) is 27.9 Å². The van der Waals surface area contributed by atoms with Crippen LogP contribution < -0.4 is 5.32 Å². The van der Waals surface area contributed by atoms with Crippen LogP contribution in [0.15, 0.2) is 42.5 Å². The molecule has 0 aliphatic heterocycles. The minimum atomic E-state index is -0.158. The van der Waals surface area contributed by atoms with Gasteiger partial charge in [0, 0.05) is 21.4 Å². The van der Waals surface area contributed by atoms with Gasteiger partial charge in [0.05, 0.1) is 0 Å². The summed E-state index contributed by atoms with van der Waals surface area (Å²) >= 11 is 2.26. The number of halogens is 2. The van der Waals surface area contributed by atoms with Crippen molar-refractivity contribution < 1.29 is 4.39 Å². The predicted molar refractivity (Wildman–Crippen MR) is 77.6 cm³/mol. The molecule has 0 spiro atoms. The first-order valence-electron chi connectivity index (χ1n) is 5.40. The minimum Gasteiger partial charge on any atom is -0.380 e. The average molecular weight is 341 g/mol. The molecule has 2 aromatic carbocycles. The van der Waals surface area contributed by atoms with Crippen molar-refractivity contribution in [3.8, 4) is 0 Å². The van der Waals surface area contributed by atoms with Gasteiger partial charge in [0.2, 0.25) is 0 Å². The molecule has 1 N–H and O–H groups in total. The van der Waals surface area contributed by atoms with Crippen LogP contribution in [-0.4, -0.2) is 0 Å². The molecule has 0 aliphatic rings. The molecule has 0 bridgehead atoms. The Kier molecular flexibility index (Phi) is 3.99. The van der Waals surface area contributed by atoms with E-state index < -0.39 is 0 Å². The number of para-hydroxylation sites is 1. The van der Waals surface area contributed by atoms with Gasteiger partial charge in [-0.05, 0) is 47.7 Å². The van der Waals surface area contributed by atoms with Crippen molar-refractivity contribution in [1.29, 1.82) is 0 Å². The fourth-order valence-electron chi connectivity index (χ4n) is 1.63. The van der Waals surface area contributed by atoms with Gasteiger partial charge >= 0.3 is 0 Å². The molecule has 0 atom stereocenters. The monoisotopic (exact) mass is 341 g/mol. The summed E-state index contributed by atoms with van der Waals surface area (Å²) in [6.07, 6.45) is 0. The maximum absolute atomic E-state index is 13.5. The van der Waals surface area contributed by atoms with Crippen LogP contribution in [0.3, 0.4) is 0 Å². The lowest BCUT2D eigenvalue weighted by molar-refractivity contribution is 0.612. The van der Waals surface area contributed by atoms with Crippen LogP contribution in [0.1, 0.15) is 11.1 Å². The van der Waals surface area contributed by atoms with Crippen LogP contribution in [0.2, 0.25) is 0 Å². The zero-order valence-corrected chi connectivity index (χ0v) is 11.7. The molecule has 3 heteroatoms. The number of aryl methyl sites for hydroxylation is 1. The van der Waals surface area contributed by atoms with Gasteiger partial charge in [-0.15, -0.1) is 0 Å². The van der Waals surface area contributed by atoms with Crippen LogP contribution in [0.5, 0.6) is 0 Å². The molecule has 2 rings (SSSR count). The van der Waals surface area contributed by atoms with Gasteiger partial charge in [0.25, 0.3) is 0 Å². The van der Waals surface area contributed by atoms with Gasteiger partial charge < -0.3 is 5.32 Å². The molecular weight excluding hydrogens is 328 g/mol. The molecule has 0 amide bonds. The summed E-state index contributed by atoms with van der Waals surface area (Å²) in [5.74, 6) is -0.158. The van der Waals surface area contributed by atoms with Crippen molar-refractivity contribution in [2.45, 2.75) is 13.5 Å². The quantitative estimate of drug-likeness (QED) is 0.819. The van der Waals surface area contributed by atoms with Crippen molar-refractivity contribution in [3.05, 3.63) is 63.0 Å². The Hall–Kier alpha value is -1.10. The Balaban J connectivity index is 2.12. The Bertz CT molecular complexity index is 525. The molecule has 0 saturated carbocycles. The summed E-state index contributed by atoms with van der Waals surface area (Å²) in [7, 11) is 0. The highest BCUT2D eigenvalue weighted by molar-refractivity contribution is 14.1. The second-order valence-electron chi connectivity index (χ2n) is 3.93. The van der Waals surface area contributed by atoms with Gasteiger partial charge in [-0.3, -0.25) is 0 Å². The lowest BCUT2D eigenvalue weighted by Gasteiger charge is -2.09. The van der Waals surface area contributed by atoms with Crippen molar-refractivity contribution in [2.75, 3.05) is 5.32 Å². The molecule has 0 unspecified atom stereocenters. The Morgan fingerprint density at radius 2 is 1.94 bits per heavy atom. The summed E-state index contributed by atoms with van der Waals surface area (Å²) in [5, 5.41) is 3.25. The number of hydrogen-bond donors (Lipinski definition) is 1. The first-order valence-corrected chi connectivity index (χ1v) is 6.48. The molecule has 0 heterocycles. The topological polar surface area (TPSA) is 12.0 Å². The van der Waals surface area contributed by atoms with Crippen LogP contribution in [-0.2, 0) is 6.54 Å². The van der Waals surface area contributed by atoms with E-state index in [1.807, 2.05) is 37.3 Å². The van der Waals surface area contributed by atoms with E-state index in [9.17, 15) is 4.39 Å². The SMILES string of the molecule is Cc1ccc(F)c(CNc2ccccc2I)c1. The third-order valence-corrected chi connectivity index (χ3v) is 3.49. The van der Waals surface area contributed by atoms with Crippen LogP contribution in [0, 0.1) is 16.3 Å². The third kappa shape index (κ3) is 3.19. The maximum atomic E-state index is 13.5. The Morgan fingerprint density at radius 3 is 2.71 bits per heavy atom. The van der Waals surface area contributed by atoms with Gasteiger partial charge in [0.15, 0.2) is 0 Å². The molecular formula is C14H13FIN. The highest BCUT2D eigenvalue weighted by Gasteiger charge is 2.03. The summed E-state index contributed by atoms with van der Waals surface area (Å²) < 4.78 is 14.7. The summed E-state index contributed by atoms with van der Waals surface area (Å²) in [4.78, 5) is 0. The van der Waals surface area contributed by atoms with E-state index in [4.69, 9.17) is 0 Å². The predicted octanol–water partition coefficient (Wildman–Crippen LogP) is 4.35. The van der Waals surface area contributed by atoms with E-state index in [-0.39, 0.29) is 5.82 Å². The summed E-state index contributed by atoms with van der Waals surface area (Å²) in [6.45, 7) is 2.47. The molecule has 0 aliphatic carbocycles. The van der Waals surface area contributed by atoms with Crippen LogP contribution in [0.25, 0.3) is 0 Å². The molecule has 17 heavy (non-hydrogen) atoms. The van der Waals surface area contributed by atoms with E-state index in [1.54, 1.807) is 6.07 Å². The molecule has 88 valence electrons. The second-order valence-corrected chi connectivity index (χ2v) is 5.09. The zero-order chi connectivity index (χ0) is 12.3. The van der Waals surface area contributed by atoms with E-state index in [0.29, 0.717) is 12.1 Å². The largest absolute Gasteiger partial charge is 0.380 e. The van der Waals surface area contributed by atoms with Crippen molar-refractivity contribution >= 4 is 28.3 Å². The molecule has 2 aromatic rings. The normalized spacial score (nSPS) is 10.3. The number of benzene rings is 2. The summed E-state index contributed by atoms with van der Waals surface area (Å²) in [5.41, 5.74) is 2.81. The zero-order valence-electron chi connectivity index (χ0n) is 9.50. The highest BCUT2D eigenvalue weighted by Crippen LogP contribution is 2.19. The minimum absolute atomic E-state index is 0.158. The van der Waals surface area contributed by atoms with Crippen molar-refractivity contribution in [3.63, 3.8) is 0 Å². The number of rotatable bonds is 3. The van der Waals surface area contributed by atoms with Gasteiger partial charge in [-0.25, -0.2) is 4.39 Å². The lowest BCUT2D eigenvalue weighted by atomic mass is 10.1. The molecule has 0 saturated heterocycles. The third-order valence-electron chi connectivity index (χ3n) is 2.54. The van der Waals surface area contributed by atoms with Crippen molar-refractivity contribution in [2.24, 2.45) is 0 Å². The lowest BCUT2D eigenvalue weighted by Crippen LogP contribution is -2.03. The van der Waals surface area contributed by atoms with Gasteiger partial charge in [-0.1, -0.05) is 29.8 Å². The smallest absolute Gasteiger partial charge is 0.128 e. The van der Waals surface area contributed by atoms with Crippen LogP contribution >= 0.6 is 22.6 Å². The Labute approximate surface area is 114 Å². The van der Waals surface area contributed by atoms with Gasteiger partial charge in [0.1, 0.15) is 5.82 Å². The van der Waals surface area contributed by atoms with E-state index in [1.165, 1.54) is 6.07 Å². The maximum Gasteiger partial charge on any atom is 0.128 e. The fourth-order valence-corrected chi connectivity index (χ4v) is 2.21. The van der Waals surface area contributed by atoms with E-state index >= 15 is 0 Å². The Morgan fingerprint density at radius 1 is 1.18 bits per heavy atom. The summed E-state index contributed by atoms with van der Waals surface area (Å²) in [6, 6.07) is 13.1. The van der Waals surface area contributed by atoms with E-state index in [0.717, 1.165) is 14.8 Å². The number of hydrogen-bond acceptors (Lipinski definition) is 1. The second kappa shape index (κ2) is 5.49. The number of nitrogens with one attached hydrogen (secondary N) is 1. The molecule has 0 fully saturated rings. The van der Waals surface area contributed by atoms with Crippen LogP contribution in [0.4, 0.5) is 10.1 Å². The first-order chi connectivity index (χ1) is 8.16. The molecule has 0 radical (unpaired) electrons. The van der Waals surface area contributed by atoms with Crippen molar-refractivity contribution in [1.82, 2.24) is 0 Å². The highest BCUT2D eigenvalue weighted by atomic mass is 127. The molecule has 0 aromatic heterocycles.